The van der Waals surface area contributed by atoms with Gasteiger partial charge in [0, 0.05) is 17.8 Å². The number of rotatable bonds is 4. The van der Waals surface area contributed by atoms with Crippen molar-refractivity contribution in [3.05, 3.63) is 29.3 Å². The summed E-state index contributed by atoms with van der Waals surface area (Å²) in [7, 11) is 1.25. The van der Waals surface area contributed by atoms with Gasteiger partial charge in [0.05, 0.1) is 12.7 Å². The van der Waals surface area contributed by atoms with Crippen LogP contribution in [0.25, 0.3) is 0 Å². The molecule has 0 aliphatic heterocycles. The Morgan fingerprint density at radius 2 is 2.19 bits per heavy atom. The first-order valence-corrected chi connectivity index (χ1v) is 4.84. The van der Waals surface area contributed by atoms with Crippen LogP contribution in [0.3, 0.4) is 0 Å². The predicted octanol–water partition coefficient (Wildman–Crippen LogP) is 2.84. The molecule has 1 aromatic carbocycles. The zero-order valence-electron chi connectivity index (χ0n) is 9.09. The molecule has 5 heteroatoms. The van der Waals surface area contributed by atoms with Crippen LogP contribution in [0.4, 0.5) is 14.5 Å². The predicted molar refractivity (Wildman–Crippen MR) is 56.9 cm³/mol. The fraction of sp³-hybridized carbons (Fsp3) is 0.364. The second-order valence-corrected chi connectivity index (χ2v) is 3.13. The highest BCUT2D eigenvalue weighted by atomic mass is 19.3. The molecule has 0 bridgehead atoms. The van der Waals surface area contributed by atoms with Crippen LogP contribution in [0.2, 0.25) is 0 Å². The van der Waals surface area contributed by atoms with Gasteiger partial charge in [0.15, 0.2) is 0 Å². The molecule has 0 aromatic heterocycles. The number of carbonyl (C=O) groups is 1. The lowest BCUT2D eigenvalue weighted by atomic mass is 10.1. The number of halogens is 2. The van der Waals surface area contributed by atoms with E-state index < -0.39 is 12.4 Å². The van der Waals surface area contributed by atoms with Gasteiger partial charge in [-0.25, -0.2) is 13.6 Å². The van der Waals surface area contributed by atoms with Gasteiger partial charge in [-0.2, -0.15) is 0 Å². The summed E-state index contributed by atoms with van der Waals surface area (Å²) in [6.07, 6.45) is -2.55. The smallest absolute Gasteiger partial charge is 0.339 e. The van der Waals surface area contributed by atoms with Crippen molar-refractivity contribution in [2.45, 2.75) is 13.3 Å². The summed E-state index contributed by atoms with van der Waals surface area (Å²) in [4.78, 5) is 11.3. The summed E-state index contributed by atoms with van der Waals surface area (Å²) in [5, 5.41) is 2.85. The van der Waals surface area contributed by atoms with E-state index in [2.05, 4.69) is 10.1 Å². The van der Waals surface area contributed by atoms with Crippen molar-refractivity contribution in [3.63, 3.8) is 0 Å². The van der Waals surface area contributed by atoms with Crippen molar-refractivity contribution in [1.82, 2.24) is 0 Å². The Balaban J connectivity index is 3.13. The van der Waals surface area contributed by atoms with Gasteiger partial charge >= 0.3 is 5.97 Å². The van der Waals surface area contributed by atoms with Gasteiger partial charge in [0.25, 0.3) is 6.43 Å². The molecule has 0 spiro atoms. The van der Waals surface area contributed by atoms with Gasteiger partial charge in [0.1, 0.15) is 0 Å². The number of alkyl halides is 2. The van der Waals surface area contributed by atoms with E-state index in [1.807, 2.05) is 6.92 Å². The third-order valence-corrected chi connectivity index (χ3v) is 2.07. The van der Waals surface area contributed by atoms with Gasteiger partial charge in [-0.3, -0.25) is 0 Å². The Hall–Kier alpha value is -1.65. The standard InChI is InChI=1S/C11H13F2NO2/c1-3-14-9-6-7(10(12)13)4-5-8(9)11(15)16-2/h4-6,10,14H,3H2,1-2H3. The molecule has 0 saturated heterocycles. The molecule has 0 aliphatic rings. The van der Waals surface area contributed by atoms with Crippen LogP contribution in [0.1, 0.15) is 29.3 Å². The lowest BCUT2D eigenvalue weighted by Gasteiger charge is -2.11. The Labute approximate surface area is 92.4 Å². The first-order valence-electron chi connectivity index (χ1n) is 4.84. The van der Waals surface area contributed by atoms with Crippen LogP contribution in [0.5, 0.6) is 0 Å². The molecule has 3 nitrogen and oxygen atoms in total. The van der Waals surface area contributed by atoms with Crippen LogP contribution in [-0.2, 0) is 4.74 Å². The number of ether oxygens (including phenoxy) is 1. The van der Waals surface area contributed by atoms with Crippen molar-refractivity contribution >= 4 is 11.7 Å². The van der Waals surface area contributed by atoms with Crippen LogP contribution in [0.15, 0.2) is 18.2 Å². The highest BCUT2D eigenvalue weighted by Gasteiger charge is 2.15. The van der Waals surface area contributed by atoms with E-state index in [-0.39, 0.29) is 11.1 Å². The van der Waals surface area contributed by atoms with E-state index in [0.29, 0.717) is 12.2 Å². The Morgan fingerprint density at radius 3 is 2.69 bits per heavy atom. The Morgan fingerprint density at radius 1 is 1.50 bits per heavy atom. The van der Waals surface area contributed by atoms with Crippen molar-refractivity contribution in [2.75, 3.05) is 19.0 Å². The number of hydrogen-bond donors (Lipinski definition) is 1. The summed E-state index contributed by atoms with van der Waals surface area (Å²) in [5.74, 6) is -0.545. The molecule has 1 N–H and O–H groups in total. The SMILES string of the molecule is CCNc1cc(C(F)F)ccc1C(=O)OC. The maximum absolute atomic E-state index is 12.5. The van der Waals surface area contributed by atoms with Crippen molar-refractivity contribution in [2.24, 2.45) is 0 Å². The Bertz CT molecular complexity index is 380. The van der Waals surface area contributed by atoms with Crippen LogP contribution in [-0.4, -0.2) is 19.6 Å². The first-order chi connectivity index (χ1) is 7.60. The Kier molecular flexibility index (Phi) is 4.22. The van der Waals surface area contributed by atoms with Crippen molar-refractivity contribution < 1.29 is 18.3 Å². The molecule has 16 heavy (non-hydrogen) atoms. The number of hydrogen-bond acceptors (Lipinski definition) is 3. The van der Waals surface area contributed by atoms with Crippen molar-refractivity contribution in [3.8, 4) is 0 Å². The molecule has 0 heterocycles. The molecular formula is C11H13F2NO2. The fourth-order valence-electron chi connectivity index (χ4n) is 1.32. The number of esters is 1. The number of nitrogens with one attached hydrogen (secondary N) is 1. The van der Waals surface area contributed by atoms with E-state index in [9.17, 15) is 13.6 Å². The van der Waals surface area contributed by atoms with Gasteiger partial charge in [-0.15, -0.1) is 0 Å². The molecule has 1 aromatic rings. The molecule has 1 rings (SSSR count). The van der Waals surface area contributed by atoms with Crippen LogP contribution in [0, 0.1) is 0 Å². The average molecular weight is 229 g/mol. The molecule has 0 amide bonds. The molecule has 88 valence electrons. The third-order valence-electron chi connectivity index (χ3n) is 2.07. The van der Waals surface area contributed by atoms with E-state index in [1.54, 1.807) is 0 Å². The largest absolute Gasteiger partial charge is 0.465 e. The molecule has 0 aliphatic carbocycles. The van der Waals surface area contributed by atoms with Crippen molar-refractivity contribution in [1.29, 1.82) is 0 Å². The summed E-state index contributed by atoms with van der Waals surface area (Å²) in [5.41, 5.74) is 0.504. The molecular weight excluding hydrogens is 216 g/mol. The minimum Gasteiger partial charge on any atom is -0.465 e. The number of anilines is 1. The highest BCUT2D eigenvalue weighted by Crippen LogP contribution is 2.25. The zero-order valence-corrected chi connectivity index (χ0v) is 9.09. The van der Waals surface area contributed by atoms with Gasteiger partial charge < -0.3 is 10.1 Å². The fourth-order valence-corrected chi connectivity index (χ4v) is 1.32. The topological polar surface area (TPSA) is 38.3 Å². The minimum atomic E-state index is -2.55. The number of carbonyl (C=O) groups excluding carboxylic acids is 1. The first kappa shape index (κ1) is 12.4. The lowest BCUT2D eigenvalue weighted by Crippen LogP contribution is -2.08. The summed E-state index contributed by atoms with van der Waals surface area (Å²) in [6, 6.07) is 3.82. The van der Waals surface area contributed by atoms with Gasteiger partial charge in [-0.1, -0.05) is 6.07 Å². The highest BCUT2D eigenvalue weighted by molar-refractivity contribution is 5.95. The lowest BCUT2D eigenvalue weighted by molar-refractivity contribution is 0.0601. The summed E-state index contributed by atoms with van der Waals surface area (Å²) in [6.45, 7) is 2.35. The van der Waals surface area contributed by atoms with E-state index in [1.165, 1.54) is 25.3 Å². The molecule has 0 saturated carbocycles. The second-order valence-electron chi connectivity index (χ2n) is 3.13. The summed E-state index contributed by atoms with van der Waals surface area (Å²) >= 11 is 0. The van der Waals surface area contributed by atoms with Gasteiger partial charge in [0.2, 0.25) is 0 Å². The maximum Gasteiger partial charge on any atom is 0.339 e. The maximum atomic E-state index is 12.5. The van der Waals surface area contributed by atoms with Gasteiger partial charge in [-0.05, 0) is 19.1 Å². The molecule has 0 fully saturated rings. The van der Waals surface area contributed by atoms with Crippen LogP contribution >= 0.6 is 0 Å². The quantitative estimate of drug-likeness (QED) is 0.807. The minimum absolute atomic E-state index is 0.122. The molecule has 0 radical (unpaired) electrons. The van der Waals surface area contributed by atoms with Crippen LogP contribution < -0.4 is 5.32 Å². The monoisotopic (exact) mass is 229 g/mol. The third kappa shape index (κ3) is 2.68. The van der Waals surface area contributed by atoms with E-state index in [0.717, 1.165) is 0 Å². The normalized spacial score (nSPS) is 10.3. The second kappa shape index (κ2) is 5.44. The average Bonchev–Trinajstić information content (AvgIpc) is 2.28. The molecule has 0 unspecified atom stereocenters. The zero-order chi connectivity index (χ0) is 12.1. The van der Waals surface area contributed by atoms with E-state index in [4.69, 9.17) is 0 Å². The van der Waals surface area contributed by atoms with E-state index >= 15 is 0 Å². The molecule has 0 atom stereocenters. The number of methoxy groups -OCH3 is 1. The summed E-state index contributed by atoms with van der Waals surface area (Å²) < 4.78 is 29.5. The number of benzene rings is 1.